The predicted octanol–water partition coefficient (Wildman–Crippen LogP) is 3.27. The van der Waals surface area contributed by atoms with Crippen molar-refractivity contribution in [2.45, 2.75) is 46.7 Å². The molecule has 1 rings (SSSR count). The van der Waals surface area contributed by atoms with Crippen molar-refractivity contribution in [1.82, 2.24) is 4.90 Å². The van der Waals surface area contributed by atoms with Gasteiger partial charge in [-0.3, -0.25) is 4.90 Å². The Morgan fingerprint density at radius 2 is 1.78 bits per heavy atom. The zero-order chi connectivity index (χ0) is 13.6. The van der Waals surface area contributed by atoms with Crippen LogP contribution in [0.4, 0.5) is 0 Å². The van der Waals surface area contributed by atoms with Crippen LogP contribution in [-0.2, 0) is 6.54 Å². The van der Waals surface area contributed by atoms with Gasteiger partial charge in [0, 0.05) is 19.1 Å². The fourth-order valence-electron chi connectivity index (χ4n) is 2.50. The summed E-state index contributed by atoms with van der Waals surface area (Å²) in [6.45, 7) is 11.9. The van der Waals surface area contributed by atoms with Gasteiger partial charge in [0.1, 0.15) is 0 Å². The van der Waals surface area contributed by atoms with Crippen molar-refractivity contribution in [2.24, 2.45) is 11.1 Å². The van der Waals surface area contributed by atoms with Gasteiger partial charge in [-0.15, -0.1) is 0 Å². The molecule has 0 amide bonds. The van der Waals surface area contributed by atoms with Gasteiger partial charge in [-0.1, -0.05) is 58.0 Å². The van der Waals surface area contributed by atoms with Gasteiger partial charge in [0.25, 0.3) is 0 Å². The molecule has 0 heterocycles. The van der Waals surface area contributed by atoms with Crippen LogP contribution in [0.5, 0.6) is 0 Å². The lowest BCUT2D eigenvalue weighted by Gasteiger charge is -2.39. The van der Waals surface area contributed by atoms with Crippen molar-refractivity contribution >= 4 is 0 Å². The van der Waals surface area contributed by atoms with E-state index < -0.39 is 0 Å². The maximum absolute atomic E-state index is 6.00. The fraction of sp³-hybridized carbons (Fsp3) is 0.625. The molecule has 0 fully saturated rings. The quantitative estimate of drug-likeness (QED) is 0.837. The van der Waals surface area contributed by atoms with E-state index in [-0.39, 0.29) is 5.41 Å². The monoisotopic (exact) mass is 248 g/mol. The highest BCUT2D eigenvalue weighted by atomic mass is 15.2. The van der Waals surface area contributed by atoms with Crippen molar-refractivity contribution in [3.8, 4) is 0 Å². The molecule has 2 heteroatoms. The molecule has 0 aliphatic heterocycles. The van der Waals surface area contributed by atoms with Crippen molar-refractivity contribution in [3.05, 3.63) is 35.9 Å². The Kier molecular flexibility index (Phi) is 5.83. The second-order valence-corrected chi connectivity index (χ2v) is 6.07. The third-order valence-corrected chi connectivity index (χ3v) is 3.40. The number of rotatable bonds is 6. The Balaban J connectivity index is 2.81. The average Bonchev–Trinajstić information content (AvgIpc) is 2.29. The molecule has 2 nitrogen and oxygen atoms in total. The summed E-state index contributed by atoms with van der Waals surface area (Å²) in [7, 11) is 0. The second kappa shape index (κ2) is 6.91. The summed E-state index contributed by atoms with van der Waals surface area (Å²) in [6, 6.07) is 11.1. The number of hydrogen-bond acceptors (Lipinski definition) is 2. The number of nitrogens with two attached hydrogens (primary N) is 1. The molecule has 0 radical (unpaired) electrons. The van der Waals surface area contributed by atoms with Gasteiger partial charge in [0.2, 0.25) is 0 Å². The molecule has 1 aromatic rings. The highest BCUT2D eigenvalue weighted by Gasteiger charge is 2.28. The van der Waals surface area contributed by atoms with E-state index in [9.17, 15) is 0 Å². The molecule has 0 saturated heterocycles. The SMILES string of the molecule is CCCN(Cc1ccccc1)C(CN)C(C)(C)C. The van der Waals surface area contributed by atoms with Gasteiger partial charge >= 0.3 is 0 Å². The summed E-state index contributed by atoms with van der Waals surface area (Å²) in [4.78, 5) is 2.52. The molecular formula is C16H28N2. The molecule has 1 unspecified atom stereocenters. The molecule has 1 aromatic carbocycles. The molecule has 1 atom stereocenters. The summed E-state index contributed by atoms with van der Waals surface area (Å²) in [5.41, 5.74) is 7.59. The van der Waals surface area contributed by atoms with Crippen molar-refractivity contribution < 1.29 is 0 Å². The van der Waals surface area contributed by atoms with Crippen LogP contribution in [-0.4, -0.2) is 24.0 Å². The van der Waals surface area contributed by atoms with Gasteiger partial charge in [-0.05, 0) is 23.9 Å². The first-order chi connectivity index (χ1) is 8.49. The molecule has 0 aliphatic rings. The van der Waals surface area contributed by atoms with Crippen LogP contribution in [0, 0.1) is 5.41 Å². The van der Waals surface area contributed by atoms with Gasteiger partial charge in [0.15, 0.2) is 0 Å². The smallest absolute Gasteiger partial charge is 0.0270 e. The van der Waals surface area contributed by atoms with E-state index in [0.717, 1.165) is 19.6 Å². The first kappa shape index (κ1) is 15.2. The summed E-state index contributed by atoms with van der Waals surface area (Å²) in [6.07, 6.45) is 1.17. The van der Waals surface area contributed by atoms with Crippen LogP contribution < -0.4 is 5.73 Å². The largest absolute Gasteiger partial charge is 0.329 e. The second-order valence-electron chi connectivity index (χ2n) is 6.07. The van der Waals surface area contributed by atoms with E-state index in [1.54, 1.807) is 0 Å². The van der Waals surface area contributed by atoms with Gasteiger partial charge < -0.3 is 5.73 Å². The normalized spacial score (nSPS) is 13.9. The summed E-state index contributed by atoms with van der Waals surface area (Å²) < 4.78 is 0. The first-order valence-electron chi connectivity index (χ1n) is 6.97. The van der Waals surface area contributed by atoms with E-state index in [1.165, 1.54) is 12.0 Å². The van der Waals surface area contributed by atoms with Crippen LogP contribution in [0.15, 0.2) is 30.3 Å². The Morgan fingerprint density at radius 1 is 1.17 bits per heavy atom. The highest BCUT2D eigenvalue weighted by Crippen LogP contribution is 2.25. The van der Waals surface area contributed by atoms with E-state index in [0.29, 0.717) is 6.04 Å². The number of nitrogens with zero attached hydrogens (tertiary/aromatic N) is 1. The molecule has 2 N–H and O–H groups in total. The minimum absolute atomic E-state index is 0.221. The number of hydrogen-bond donors (Lipinski definition) is 1. The van der Waals surface area contributed by atoms with Gasteiger partial charge in [-0.2, -0.15) is 0 Å². The Hall–Kier alpha value is -0.860. The Bertz CT molecular complexity index is 327. The van der Waals surface area contributed by atoms with E-state index in [2.05, 4.69) is 62.9 Å². The Labute approximate surface area is 112 Å². The lowest BCUT2D eigenvalue weighted by Crippen LogP contribution is -2.48. The molecule has 0 aromatic heterocycles. The maximum atomic E-state index is 6.00. The molecule has 0 saturated carbocycles. The number of benzene rings is 1. The predicted molar refractivity (Wildman–Crippen MR) is 79.4 cm³/mol. The van der Waals surface area contributed by atoms with Crippen LogP contribution in [0.1, 0.15) is 39.7 Å². The molecular weight excluding hydrogens is 220 g/mol. The maximum Gasteiger partial charge on any atom is 0.0270 e. The molecule has 0 spiro atoms. The van der Waals surface area contributed by atoms with E-state index in [1.807, 2.05) is 0 Å². The lowest BCUT2D eigenvalue weighted by molar-refractivity contribution is 0.0975. The molecule has 18 heavy (non-hydrogen) atoms. The highest BCUT2D eigenvalue weighted by molar-refractivity contribution is 5.14. The third-order valence-electron chi connectivity index (χ3n) is 3.40. The summed E-state index contributed by atoms with van der Waals surface area (Å²) in [5, 5.41) is 0. The first-order valence-corrected chi connectivity index (χ1v) is 6.97. The molecule has 102 valence electrons. The Morgan fingerprint density at radius 3 is 2.22 bits per heavy atom. The topological polar surface area (TPSA) is 29.3 Å². The zero-order valence-corrected chi connectivity index (χ0v) is 12.3. The van der Waals surface area contributed by atoms with Crippen molar-refractivity contribution in [3.63, 3.8) is 0 Å². The zero-order valence-electron chi connectivity index (χ0n) is 12.3. The van der Waals surface area contributed by atoms with E-state index >= 15 is 0 Å². The van der Waals surface area contributed by atoms with E-state index in [4.69, 9.17) is 5.73 Å². The minimum atomic E-state index is 0.221. The molecule has 0 aliphatic carbocycles. The fourth-order valence-corrected chi connectivity index (χ4v) is 2.50. The van der Waals surface area contributed by atoms with Crippen LogP contribution in [0.3, 0.4) is 0 Å². The third kappa shape index (κ3) is 4.43. The van der Waals surface area contributed by atoms with Crippen molar-refractivity contribution in [2.75, 3.05) is 13.1 Å². The summed E-state index contributed by atoms with van der Waals surface area (Å²) in [5.74, 6) is 0. The van der Waals surface area contributed by atoms with Crippen LogP contribution >= 0.6 is 0 Å². The van der Waals surface area contributed by atoms with Gasteiger partial charge in [0.05, 0.1) is 0 Å². The lowest BCUT2D eigenvalue weighted by atomic mass is 9.85. The van der Waals surface area contributed by atoms with Crippen molar-refractivity contribution in [1.29, 1.82) is 0 Å². The average molecular weight is 248 g/mol. The van der Waals surface area contributed by atoms with Crippen LogP contribution in [0.2, 0.25) is 0 Å². The minimum Gasteiger partial charge on any atom is -0.329 e. The van der Waals surface area contributed by atoms with Crippen LogP contribution in [0.25, 0.3) is 0 Å². The standard InChI is InChI=1S/C16H28N2/c1-5-11-18(15(12-17)16(2,3)4)13-14-9-7-6-8-10-14/h6-10,15H,5,11-13,17H2,1-4H3. The van der Waals surface area contributed by atoms with Gasteiger partial charge in [-0.25, -0.2) is 0 Å². The molecule has 0 bridgehead atoms. The summed E-state index contributed by atoms with van der Waals surface area (Å²) >= 11 is 0.